The van der Waals surface area contributed by atoms with Crippen LogP contribution in [0.1, 0.15) is 361 Å². The van der Waals surface area contributed by atoms with Gasteiger partial charge in [0.2, 0.25) is 0 Å². The summed E-state index contributed by atoms with van der Waals surface area (Å²) < 4.78 is 38.1. The molecule has 0 saturated heterocycles. The van der Waals surface area contributed by atoms with Gasteiger partial charge in [0.1, 0.15) is 36.2 Å². The summed E-state index contributed by atoms with van der Waals surface area (Å²) in [6.45, 7) is 11.7. The Bertz CT molecular complexity index is 3660. The molecule has 0 aliphatic rings. The minimum absolute atomic E-state index is 0.206. The SMILES string of the molecule is CCCCCCCCCCCCOc1cc(C#Cc2ccc(C(=O)OCc3ccccc3)cc2)c(OCCCCCCCCCCCC)cc1C#Cc1ccc(C#Cc2cc(OCCCCCCCCCCCC)c(C#Cc3ccc(C(=O)OCc4ccccc4)cc3)cc2OCCCCCCCCCCCC)cc1. The molecule has 0 aliphatic heterocycles. The molecule has 0 amide bonds. The zero-order valence-electron chi connectivity index (χ0n) is 67.8. The Morgan fingerprint density at radius 1 is 0.236 bits per heavy atom. The zero-order chi connectivity index (χ0) is 77.2. The Labute approximate surface area is 665 Å². The van der Waals surface area contributed by atoms with Crippen LogP contribution in [0.4, 0.5) is 0 Å². The van der Waals surface area contributed by atoms with Gasteiger partial charge < -0.3 is 28.4 Å². The normalized spacial score (nSPS) is 10.7. The van der Waals surface area contributed by atoms with Crippen LogP contribution in [0.5, 0.6) is 23.0 Å². The maximum Gasteiger partial charge on any atom is 0.338 e. The molecule has 0 atom stereocenters. The van der Waals surface area contributed by atoms with E-state index in [-0.39, 0.29) is 25.2 Å². The lowest BCUT2D eigenvalue weighted by atomic mass is 10.1. The Morgan fingerprint density at radius 3 is 0.655 bits per heavy atom. The van der Waals surface area contributed by atoms with Crippen LogP contribution < -0.4 is 18.9 Å². The number of unbranched alkanes of at least 4 members (excludes halogenated alkanes) is 36. The number of rotatable bonds is 54. The molecule has 0 unspecified atom stereocenters. The quantitative estimate of drug-likeness (QED) is 0.0212. The highest BCUT2D eigenvalue weighted by molar-refractivity contribution is 5.90. The summed E-state index contributed by atoms with van der Waals surface area (Å²) >= 11 is 0. The average molecular weight is 1480 g/mol. The standard InChI is InChI=1S/C102H130O8/c1-5-9-13-17-21-25-29-33-37-47-75-105-97-81-95(73-65-87-59-67-91(68-60-87)101(103)109-83-89-51-43-41-44-52-89)99(107-77-49-39-35-31-27-23-19-15-11-7-3)79-93(97)71-63-85-55-57-86(58-56-85)64-72-94-80-100(108-78-50-40-36-32-28-24-20-16-12-8-4)96(82-98(94)106-76-48-38-34-30-26-22-18-14-10-6-2)74-66-88-61-69-92(70-62-88)102(104)110-84-90-53-45-42-46-54-90/h41-46,51-62,67-70,79-82H,5-40,47-50,75-78,83-84H2,1-4H3. The monoisotopic (exact) mass is 1480 g/mol. The van der Waals surface area contributed by atoms with Gasteiger partial charge in [-0.3, -0.25) is 0 Å². The molecule has 0 saturated carbocycles. The lowest BCUT2D eigenvalue weighted by molar-refractivity contribution is 0.0464. The van der Waals surface area contributed by atoms with Gasteiger partial charge in [0, 0.05) is 46.5 Å². The highest BCUT2D eigenvalue weighted by Crippen LogP contribution is 2.32. The van der Waals surface area contributed by atoms with Crippen molar-refractivity contribution in [2.75, 3.05) is 26.4 Å². The summed E-state index contributed by atoms with van der Waals surface area (Å²) in [6.07, 6.45) is 49.4. The second-order valence-corrected chi connectivity index (χ2v) is 29.7. The van der Waals surface area contributed by atoms with Crippen molar-refractivity contribution in [2.45, 2.75) is 298 Å². The number of benzene rings is 7. The second kappa shape index (κ2) is 57.0. The first-order valence-electron chi connectivity index (χ1n) is 43.0. The summed E-state index contributed by atoms with van der Waals surface area (Å²) in [7, 11) is 0. The fraction of sp³-hybridized carbons (Fsp3) is 0.490. The molecule has 0 aliphatic carbocycles. The molecule has 8 nitrogen and oxygen atoms in total. The van der Waals surface area contributed by atoms with Crippen LogP contribution in [0.2, 0.25) is 0 Å². The number of hydrogen-bond donors (Lipinski definition) is 0. The summed E-state index contributed by atoms with van der Waals surface area (Å²) in [5, 5.41) is 0. The molecule has 0 bridgehead atoms. The molecule has 8 heteroatoms. The van der Waals surface area contributed by atoms with Gasteiger partial charge in [-0.25, -0.2) is 9.59 Å². The van der Waals surface area contributed by atoms with E-state index in [9.17, 15) is 9.59 Å². The van der Waals surface area contributed by atoms with Crippen LogP contribution in [-0.2, 0) is 22.7 Å². The highest BCUT2D eigenvalue weighted by Gasteiger charge is 2.16. The maximum absolute atomic E-state index is 13.1. The van der Waals surface area contributed by atoms with Gasteiger partial charge in [0.15, 0.2) is 0 Å². The van der Waals surface area contributed by atoms with Crippen LogP contribution >= 0.6 is 0 Å². The van der Waals surface area contributed by atoms with Crippen molar-refractivity contribution in [3.05, 3.63) is 224 Å². The van der Waals surface area contributed by atoms with Gasteiger partial charge in [-0.05, 0) is 110 Å². The molecule has 110 heavy (non-hydrogen) atoms. The van der Waals surface area contributed by atoms with Gasteiger partial charge in [0.05, 0.1) is 59.8 Å². The number of carbonyl (C=O) groups excluding carboxylic acids is 2. The van der Waals surface area contributed by atoms with Gasteiger partial charge in [0.25, 0.3) is 0 Å². The molecule has 0 radical (unpaired) electrons. The van der Waals surface area contributed by atoms with E-state index in [1.165, 1.54) is 205 Å². The van der Waals surface area contributed by atoms with E-state index in [0.717, 1.165) is 107 Å². The number of ether oxygens (including phenoxy) is 6. The van der Waals surface area contributed by atoms with Crippen molar-refractivity contribution in [1.82, 2.24) is 0 Å². The predicted molar refractivity (Wildman–Crippen MR) is 457 cm³/mol. The summed E-state index contributed by atoms with van der Waals surface area (Å²) in [5.74, 6) is 29.6. The van der Waals surface area contributed by atoms with Crippen LogP contribution in [0.15, 0.2) is 158 Å². The van der Waals surface area contributed by atoms with E-state index in [1.54, 1.807) is 24.3 Å². The minimum Gasteiger partial charge on any atom is -0.492 e. The Hall–Kier alpha value is -9.08. The molecule has 0 heterocycles. The highest BCUT2D eigenvalue weighted by atomic mass is 16.5. The second-order valence-electron chi connectivity index (χ2n) is 29.7. The molecule has 586 valence electrons. The van der Waals surface area contributed by atoms with Crippen LogP contribution in [0.3, 0.4) is 0 Å². The Morgan fingerprint density at radius 2 is 0.436 bits per heavy atom. The van der Waals surface area contributed by atoms with Crippen molar-refractivity contribution in [2.24, 2.45) is 0 Å². The van der Waals surface area contributed by atoms with Crippen molar-refractivity contribution < 1.29 is 38.0 Å². The van der Waals surface area contributed by atoms with Crippen molar-refractivity contribution >= 4 is 11.9 Å². The third-order valence-corrected chi connectivity index (χ3v) is 20.1. The fourth-order valence-electron chi connectivity index (χ4n) is 13.3. The van der Waals surface area contributed by atoms with E-state index < -0.39 is 0 Å². The largest absolute Gasteiger partial charge is 0.492 e. The Balaban J connectivity index is 1.15. The average Bonchev–Trinajstić information content (AvgIpc) is 0.823. The lowest BCUT2D eigenvalue weighted by Gasteiger charge is -2.14. The summed E-state index contributed by atoms with van der Waals surface area (Å²) in [6, 6.07) is 50.1. The van der Waals surface area contributed by atoms with Gasteiger partial charge in [-0.15, -0.1) is 0 Å². The summed E-state index contributed by atoms with van der Waals surface area (Å²) in [5.41, 5.74) is 8.93. The first-order chi connectivity index (χ1) is 54.3. The van der Waals surface area contributed by atoms with E-state index in [2.05, 4.69) is 75.1 Å². The van der Waals surface area contributed by atoms with Crippen LogP contribution in [-0.4, -0.2) is 38.4 Å². The predicted octanol–water partition coefficient (Wildman–Crippen LogP) is 27.2. The fourth-order valence-corrected chi connectivity index (χ4v) is 13.3. The summed E-state index contributed by atoms with van der Waals surface area (Å²) in [4.78, 5) is 26.1. The molecular formula is C102H130O8. The topological polar surface area (TPSA) is 89.5 Å². The molecule has 0 spiro atoms. The molecule has 0 N–H and O–H groups in total. The first kappa shape index (κ1) is 88.1. The molecule has 7 rings (SSSR count). The van der Waals surface area contributed by atoms with Gasteiger partial charge >= 0.3 is 11.9 Å². The van der Waals surface area contributed by atoms with E-state index in [0.29, 0.717) is 60.6 Å². The van der Waals surface area contributed by atoms with Crippen LogP contribution in [0, 0.1) is 47.4 Å². The third kappa shape index (κ3) is 37.6. The van der Waals surface area contributed by atoms with E-state index in [4.69, 9.17) is 28.4 Å². The van der Waals surface area contributed by atoms with Gasteiger partial charge in [-0.1, -0.05) is 367 Å². The molecule has 0 fully saturated rings. The van der Waals surface area contributed by atoms with E-state index in [1.807, 2.05) is 133 Å². The third-order valence-electron chi connectivity index (χ3n) is 20.1. The zero-order valence-corrected chi connectivity index (χ0v) is 67.8. The van der Waals surface area contributed by atoms with Crippen molar-refractivity contribution in [3.63, 3.8) is 0 Å². The minimum atomic E-state index is -0.380. The molecule has 0 aromatic heterocycles. The number of esters is 2. The maximum atomic E-state index is 13.1. The Kier molecular flexibility index (Phi) is 45.7. The van der Waals surface area contributed by atoms with E-state index >= 15 is 0 Å². The number of hydrogen-bond acceptors (Lipinski definition) is 8. The van der Waals surface area contributed by atoms with Crippen molar-refractivity contribution in [1.29, 1.82) is 0 Å². The smallest absolute Gasteiger partial charge is 0.338 e. The first-order valence-corrected chi connectivity index (χ1v) is 43.0. The van der Waals surface area contributed by atoms with Crippen LogP contribution in [0.25, 0.3) is 0 Å². The lowest BCUT2D eigenvalue weighted by Crippen LogP contribution is -2.05. The number of carbonyl (C=O) groups is 2. The van der Waals surface area contributed by atoms with Crippen molar-refractivity contribution in [3.8, 4) is 70.4 Å². The van der Waals surface area contributed by atoms with Gasteiger partial charge in [-0.2, -0.15) is 0 Å². The molecular weight excluding hydrogens is 1350 g/mol. The molecule has 7 aromatic rings. The molecule has 7 aromatic carbocycles.